The summed E-state index contributed by atoms with van der Waals surface area (Å²) >= 11 is 0. The van der Waals surface area contributed by atoms with Gasteiger partial charge in [-0.1, -0.05) is 19.9 Å². The van der Waals surface area contributed by atoms with E-state index in [9.17, 15) is 4.79 Å². The lowest BCUT2D eigenvalue weighted by molar-refractivity contribution is 0.102. The molecule has 7 nitrogen and oxygen atoms in total. The van der Waals surface area contributed by atoms with Gasteiger partial charge in [0.25, 0.3) is 5.91 Å². The average Bonchev–Trinajstić information content (AvgIpc) is 3.04. The van der Waals surface area contributed by atoms with Gasteiger partial charge < -0.3 is 5.32 Å². The monoisotopic (exact) mass is 308 g/mol. The Morgan fingerprint density at radius 1 is 1.17 bits per heavy atom. The van der Waals surface area contributed by atoms with E-state index < -0.39 is 0 Å². The van der Waals surface area contributed by atoms with Crippen molar-refractivity contribution in [1.29, 1.82) is 0 Å². The number of aromatic nitrogens is 5. The van der Waals surface area contributed by atoms with Crippen LogP contribution in [0.25, 0.3) is 11.4 Å². The van der Waals surface area contributed by atoms with Crippen LogP contribution < -0.4 is 5.32 Å². The van der Waals surface area contributed by atoms with Gasteiger partial charge in [-0.05, 0) is 18.2 Å². The summed E-state index contributed by atoms with van der Waals surface area (Å²) < 4.78 is 0. The van der Waals surface area contributed by atoms with Crippen molar-refractivity contribution < 1.29 is 4.79 Å². The SMILES string of the molecule is CC(C)c1nccc(C(=O)Nc2cn[nH]c2-c2ccccn2)n1. The summed E-state index contributed by atoms with van der Waals surface area (Å²) in [5, 5.41) is 9.64. The van der Waals surface area contributed by atoms with E-state index in [4.69, 9.17) is 0 Å². The molecular weight excluding hydrogens is 292 g/mol. The molecule has 0 atom stereocenters. The second-order valence-corrected chi connectivity index (χ2v) is 5.28. The van der Waals surface area contributed by atoms with E-state index in [0.29, 0.717) is 28.6 Å². The number of nitrogens with zero attached hydrogens (tertiary/aromatic N) is 4. The molecule has 3 aromatic rings. The molecule has 7 heteroatoms. The fourth-order valence-electron chi connectivity index (χ4n) is 2.05. The van der Waals surface area contributed by atoms with Crippen LogP contribution in [0.3, 0.4) is 0 Å². The lowest BCUT2D eigenvalue weighted by atomic mass is 10.2. The Hall–Kier alpha value is -3.09. The summed E-state index contributed by atoms with van der Waals surface area (Å²) in [6, 6.07) is 7.12. The van der Waals surface area contributed by atoms with Crippen molar-refractivity contribution in [3.05, 3.63) is 54.4 Å². The van der Waals surface area contributed by atoms with Crippen LogP contribution in [-0.2, 0) is 0 Å². The van der Waals surface area contributed by atoms with Crippen LogP contribution in [0.15, 0.2) is 42.9 Å². The zero-order chi connectivity index (χ0) is 16.2. The molecule has 23 heavy (non-hydrogen) atoms. The Labute approximate surface area is 133 Å². The summed E-state index contributed by atoms with van der Waals surface area (Å²) in [7, 11) is 0. The van der Waals surface area contributed by atoms with Crippen LogP contribution in [0.1, 0.15) is 36.1 Å². The number of rotatable bonds is 4. The number of pyridine rings is 1. The Bertz CT molecular complexity index is 812. The molecule has 116 valence electrons. The van der Waals surface area contributed by atoms with Gasteiger partial charge >= 0.3 is 0 Å². The minimum absolute atomic E-state index is 0.153. The van der Waals surface area contributed by atoms with Gasteiger partial charge in [0.05, 0.1) is 17.6 Å². The summed E-state index contributed by atoms with van der Waals surface area (Å²) in [5.74, 6) is 0.475. The largest absolute Gasteiger partial charge is 0.317 e. The molecular formula is C16H16N6O. The van der Waals surface area contributed by atoms with Crippen LogP contribution >= 0.6 is 0 Å². The molecule has 0 aliphatic heterocycles. The highest BCUT2D eigenvalue weighted by molar-refractivity contribution is 6.04. The maximum Gasteiger partial charge on any atom is 0.274 e. The molecule has 2 N–H and O–H groups in total. The number of carbonyl (C=O) groups is 1. The van der Waals surface area contributed by atoms with Crippen molar-refractivity contribution >= 4 is 11.6 Å². The van der Waals surface area contributed by atoms with Gasteiger partial charge in [-0.15, -0.1) is 0 Å². The Balaban J connectivity index is 1.85. The molecule has 0 aromatic carbocycles. The lowest BCUT2D eigenvalue weighted by Gasteiger charge is -2.07. The molecule has 3 rings (SSSR count). The Morgan fingerprint density at radius 2 is 2.04 bits per heavy atom. The standard InChI is InChI=1S/C16H16N6O/c1-10(2)15-18-8-6-12(20-15)16(23)21-13-9-19-22-14(13)11-5-3-4-7-17-11/h3-10H,1-2H3,(H,19,22)(H,21,23). The molecule has 0 aliphatic carbocycles. The van der Waals surface area contributed by atoms with Crippen LogP contribution in [-0.4, -0.2) is 31.1 Å². The number of anilines is 1. The second-order valence-electron chi connectivity index (χ2n) is 5.28. The van der Waals surface area contributed by atoms with E-state index in [1.165, 1.54) is 0 Å². The number of hydrogen-bond donors (Lipinski definition) is 2. The van der Waals surface area contributed by atoms with Crippen molar-refractivity contribution in [1.82, 2.24) is 25.1 Å². The number of carbonyl (C=O) groups excluding carboxylic acids is 1. The molecule has 0 aliphatic rings. The fraction of sp³-hybridized carbons (Fsp3) is 0.188. The minimum atomic E-state index is -0.312. The van der Waals surface area contributed by atoms with E-state index in [1.54, 1.807) is 24.7 Å². The molecule has 1 amide bonds. The van der Waals surface area contributed by atoms with Gasteiger partial charge in [0.2, 0.25) is 0 Å². The van der Waals surface area contributed by atoms with E-state index >= 15 is 0 Å². The fourth-order valence-corrected chi connectivity index (χ4v) is 2.05. The van der Waals surface area contributed by atoms with Gasteiger partial charge in [0.1, 0.15) is 17.2 Å². The summed E-state index contributed by atoms with van der Waals surface area (Å²) in [6.07, 6.45) is 4.82. The third kappa shape index (κ3) is 3.23. The zero-order valence-electron chi connectivity index (χ0n) is 12.8. The van der Waals surface area contributed by atoms with Crippen LogP contribution in [0.4, 0.5) is 5.69 Å². The van der Waals surface area contributed by atoms with E-state index in [0.717, 1.165) is 0 Å². The molecule has 0 radical (unpaired) electrons. The molecule has 0 spiro atoms. The van der Waals surface area contributed by atoms with Crippen LogP contribution in [0, 0.1) is 0 Å². The van der Waals surface area contributed by atoms with Gasteiger partial charge in [0.15, 0.2) is 0 Å². The van der Waals surface area contributed by atoms with E-state index in [-0.39, 0.29) is 11.8 Å². The van der Waals surface area contributed by atoms with Crippen molar-refractivity contribution in [3.8, 4) is 11.4 Å². The highest BCUT2D eigenvalue weighted by atomic mass is 16.1. The number of nitrogens with one attached hydrogen (secondary N) is 2. The maximum absolute atomic E-state index is 12.4. The quantitative estimate of drug-likeness (QED) is 0.772. The van der Waals surface area contributed by atoms with E-state index in [1.807, 2.05) is 32.0 Å². The smallest absolute Gasteiger partial charge is 0.274 e. The lowest BCUT2D eigenvalue weighted by Crippen LogP contribution is -2.15. The normalized spacial score (nSPS) is 10.7. The van der Waals surface area contributed by atoms with Crippen molar-refractivity contribution in [2.24, 2.45) is 0 Å². The topological polar surface area (TPSA) is 96.5 Å². The Morgan fingerprint density at radius 3 is 2.78 bits per heavy atom. The molecule has 3 heterocycles. The van der Waals surface area contributed by atoms with Crippen molar-refractivity contribution in [2.45, 2.75) is 19.8 Å². The van der Waals surface area contributed by atoms with Crippen molar-refractivity contribution in [3.63, 3.8) is 0 Å². The number of H-pyrrole nitrogens is 1. The van der Waals surface area contributed by atoms with E-state index in [2.05, 4.69) is 30.5 Å². The highest BCUT2D eigenvalue weighted by Crippen LogP contribution is 2.23. The van der Waals surface area contributed by atoms with Crippen LogP contribution in [0.2, 0.25) is 0 Å². The average molecular weight is 308 g/mol. The van der Waals surface area contributed by atoms with Crippen LogP contribution in [0.5, 0.6) is 0 Å². The van der Waals surface area contributed by atoms with Gasteiger partial charge in [-0.2, -0.15) is 5.10 Å². The van der Waals surface area contributed by atoms with Gasteiger partial charge in [0, 0.05) is 18.3 Å². The molecule has 0 unspecified atom stereocenters. The summed E-state index contributed by atoms with van der Waals surface area (Å²) in [4.78, 5) is 25.1. The first-order valence-electron chi connectivity index (χ1n) is 7.24. The maximum atomic E-state index is 12.4. The minimum Gasteiger partial charge on any atom is -0.317 e. The number of aromatic amines is 1. The molecule has 0 saturated carbocycles. The molecule has 0 fully saturated rings. The first kappa shape index (κ1) is 14.8. The molecule has 0 saturated heterocycles. The highest BCUT2D eigenvalue weighted by Gasteiger charge is 2.15. The Kier molecular flexibility index (Phi) is 4.09. The number of hydrogen-bond acceptors (Lipinski definition) is 5. The predicted octanol–water partition coefficient (Wildman–Crippen LogP) is 2.64. The summed E-state index contributed by atoms with van der Waals surface area (Å²) in [5.41, 5.74) is 2.22. The van der Waals surface area contributed by atoms with Gasteiger partial charge in [-0.3, -0.25) is 14.9 Å². The summed E-state index contributed by atoms with van der Waals surface area (Å²) in [6.45, 7) is 3.96. The molecule has 3 aromatic heterocycles. The van der Waals surface area contributed by atoms with Gasteiger partial charge in [-0.25, -0.2) is 9.97 Å². The zero-order valence-corrected chi connectivity index (χ0v) is 12.8. The second kappa shape index (κ2) is 6.35. The predicted molar refractivity (Wildman–Crippen MR) is 85.9 cm³/mol. The third-order valence-corrected chi connectivity index (χ3v) is 3.23. The number of amides is 1. The first-order chi connectivity index (χ1) is 11.1. The first-order valence-corrected chi connectivity index (χ1v) is 7.24. The van der Waals surface area contributed by atoms with Crippen molar-refractivity contribution in [2.75, 3.05) is 5.32 Å². The molecule has 0 bridgehead atoms. The third-order valence-electron chi connectivity index (χ3n) is 3.23.